The van der Waals surface area contributed by atoms with E-state index in [1.807, 2.05) is 0 Å². The number of carboxylic acids is 1. The Bertz CT molecular complexity index is 651. The molecular weight excluding hydrogens is 338 g/mol. The Balaban J connectivity index is 2.14. The summed E-state index contributed by atoms with van der Waals surface area (Å²) in [7, 11) is 3.12. The van der Waals surface area contributed by atoms with Crippen LogP contribution in [0.15, 0.2) is 24.3 Å². The van der Waals surface area contributed by atoms with Gasteiger partial charge in [0.15, 0.2) is 0 Å². The monoisotopic (exact) mass is 363 g/mol. The molecule has 0 aromatic heterocycles. The second-order valence-electron chi connectivity index (χ2n) is 5.96. The third-order valence-electron chi connectivity index (χ3n) is 4.33. The first kappa shape index (κ1) is 19.8. The van der Waals surface area contributed by atoms with Crippen molar-refractivity contribution in [2.45, 2.75) is 25.3 Å². The van der Waals surface area contributed by atoms with Crippen molar-refractivity contribution < 1.29 is 28.9 Å². The van der Waals surface area contributed by atoms with Crippen LogP contribution in [0.4, 0.5) is 0 Å². The molecule has 0 radical (unpaired) electrons. The van der Waals surface area contributed by atoms with Crippen LogP contribution in [0, 0.1) is 0 Å². The Kier molecular flexibility index (Phi) is 7.47. The largest absolute Gasteiger partial charge is 0.497 e. The molecule has 0 unspecified atom stereocenters. The van der Waals surface area contributed by atoms with Gasteiger partial charge in [-0.25, -0.2) is 0 Å². The lowest BCUT2D eigenvalue weighted by Gasteiger charge is -2.33. The molecule has 0 spiro atoms. The molecule has 142 valence electrons. The zero-order chi connectivity index (χ0) is 18.9. The number of nitrogens with zero attached hydrogens (tertiary/aromatic N) is 1. The number of rotatable bonds is 8. The minimum absolute atomic E-state index is 0.00184. The number of hydrogen-bond donors (Lipinski definition) is 1. The van der Waals surface area contributed by atoms with Crippen molar-refractivity contribution in [2.24, 2.45) is 0 Å². The van der Waals surface area contributed by atoms with Crippen molar-refractivity contribution in [2.75, 3.05) is 34.0 Å². The number of carbonyl (C=O) groups excluding carboxylic acids is 1. The topological polar surface area (TPSA) is 85.3 Å². The third kappa shape index (κ3) is 5.49. The molecule has 1 aliphatic heterocycles. The lowest BCUT2D eigenvalue weighted by molar-refractivity contribution is -0.138. The molecule has 0 aliphatic carbocycles. The van der Waals surface area contributed by atoms with Gasteiger partial charge in [0.2, 0.25) is 5.91 Å². The highest BCUT2D eigenvalue weighted by molar-refractivity contribution is 5.92. The third-order valence-corrected chi connectivity index (χ3v) is 4.33. The quantitative estimate of drug-likeness (QED) is 0.713. The summed E-state index contributed by atoms with van der Waals surface area (Å²) in [5.74, 6) is 0.124. The molecule has 0 bridgehead atoms. The first-order valence-electron chi connectivity index (χ1n) is 8.55. The van der Waals surface area contributed by atoms with Gasteiger partial charge < -0.3 is 24.2 Å². The van der Waals surface area contributed by atoms with E-state index in [2.05, 4.69) is 0 Å². The first-order valence-corrected chi connectivity index (χ1v) is 8.55. The van der Waals surface area contributed by atoms with Crippen molar-refractivity contribution in [1.29, 1.82) is 0 Å². The summed E-state index contributed by atoms with van der Waals surface area (Å²) in [6.45, 7) is 1.35. The first-order chi connectivity index (χ1) is 12.5. The molecule has 1 heterocycles. The van der Waals surface area contributed by atoms with E-state index >= 15 is 0 Å². The van der Waals surface area contributed by atoms with Crippen molar-refractivity contribution in [3.63, 3.8) is 0 Å². The number of hydrogen-bond acceptors (Lipinski definition) is 5. The molecule has 26 heavy (non-hydrogen) atoms. The summed E-state index contributed by atoms with van der Waals surface area (Å²) in [5, 5.41) is 8.96. The maximum absolute atomic E-state index is 12.7. The summed E-state index contributed by atoms with van der Waals surface area (Å²) in [6, 6.07) is 5.33. The van der Waals surface area contributed by atoms with Crippen molar-refractivity contribution in [3.8, 4) is 11.5 Å². The minimum atomic E-state index is -0.921. The molecule has 2 rings (SSSR count). The van der Waals surface area contributed by atoms with Gasteiger partial charge in [0, 0.05) is 43.5 Å². The summed E-state index contributed by atoms with van der Waals surface area (Å²) < 4.78 is 15.8. The van der Waals surface area contributed by atoms with Gasteiger partial charge in [-0.2, -0.15) is 0 Å². The zero-order valence-corrected chi connectivity index (χ0v) is 15.1. The maximum Gasteiger partial charge on any atom is 0.305 e. The molecule has 7 heteroatoms. The fraction of sp³-hybridized carbons (Fsp3) is 0.474. The molecule has 0 atom stereocenters. The van der Waals surface area contributed by atoms with E-state index in [1.54, 1.807) is 43.4 Å². The van der Waals surface area contributed by atoms with Gasteiger partial charge in [0.1, 0.15) is 11.5 Å². The van der Waals surface area contributed by atoms with Crippen molar-refractivity contribution >= 4 is 18.0 Å². The van der Waals surface area contributed by atoms with Crippen LogP contribution in [0.25, 0.3) is 6.08 Å². The zero-order valence-electron chi connectivity index (χ0n) is 15.1. The average Bonchev–Trinajstić information content (AvgIpc) is 2.66. The number of aliphatic carboxylic acids is 1. The maximum atomic E-state index is 12.7. The summed E-state index contributed by atoms with van der Waals surface area (Å²) in [5.41, 5.74) is 0.742. The Labute approximate surface area is 153 Å². The van der Waals surface area contributed by atoms with Gasteiger partial charge in [-0.3, -0.25) is 9.59 Å². The predicted octanol–water partition coefficient (Wildman–Crippen LogP) is 2.20. The average molecular weight is 363 g/mol. The second-order valence-corrected chi connectivity index (χ2v) is 5.96. The van der Waals surface area contributed by atoms with Crippen LogP contribution in [-0.2, 0) is 14.3 Å². The summed E-state index contributed by atoms with van der Waals surface area (Å²) in [6.07, 6.45) is 4.48. The van der Waals surface area contributed by atoms with E-state index in [4.69, 9.17) is 19.3 Å². The van der Waals surface area contributed by atoms with E-state index in [0.717, 1.165) is 5.56 Å². The molecule has 0 saturated carbocycles. The van der Waals surface area contributed by atoms with Crippen LogP contribution in [0.3, 0.4) is 0 Å². The molecule has 1 N–H and O–H groups in total. The van der Waals surface area contributed by atoms with E-state index in [9.17, 15) is 9.59 Å². The Morgan fingerprint density at radius 3 is 2.62 bits per heavy atom. The Morgan fingerprint density at radius 1 is 1.27 bits per heavy atom. The van der Waals surface area contributed by atoms with Gasteiger partial charge >= 0.3 is 5.97 Å². The van der Waals surface area contributed by atoms with Crippen LogP contribution in [0.1, 0.15) is 24.8 Å². The van der Waals surface area contributed by atoms with Crippen LogP contribution in [0.5, 0.6) is 11.5 Å². The fourth-order valence-corrected chi connectivity index (χ4v) is 2.90. The van der Waals surface area contributed by atoms with E-state index in [-0.39, 0.29) is 24.9 Å². The molecule has 1 aromatic carbocycles. The number of carboxylic acid groups (broad SMARTS) is 1. The van der Waals surface area contributed by atoms with Gasteiger partial charge in [0.25, 0.3) is 0 Å². The Morgan fingerprint density at radius 2 is 2.00 bits per heavy atom. The smallest absolute Gasteiger partial charge is 0.305 e. The van der Waals surface area contributed by atoms with E-state index in [1.165, 1.54) is 6.08 Å². The lowest BCUT2D eigenvalue weighted by Crippen LogP contribution is -2.43. The second kappa shape index (κ2) is 9.82. The van der Waals surface area contributed by atoms with Crippen molar-refractivity contribution in [1.82, 2.24) is 4.90 Å². The highest BCUT2D eigenvalue weighted by atomic mass is 16.5. The molecule has 1 aliphatic rings. The lowest BCUT2D eigenvalue weighted by atomic mass is 10.1. The molecule has 1 fully saturated rings. The van der Waals surface area contributed by atoms with Gasteiger partial charge in [-0.05, 0) is 31.1 Å². The number of methoxy groups -OCH3 is 2. The summed E-state index contributed by atoms with van der Waals surface area (Å²) in [4.78, 5) is 25.2. The van der Waals surface area contributed by atoms with E-state index < -0.39 is 5.97 Å². The van der Waals surface area contributed by atoms with Gasteiger partial charge in [-0.1, -0.05) is 0 Å². The van der Waals surface area contributed by atoms with Crippen LogP contribution in [0.2, 0.25) is 0 Å². The number of benzene rings is 1. The predicted molar refractivity (Wildman–Crippen MR) is 96.4 cm³/mol. The minimum Gasteiger partial charge on any atom is -0.497 e. The van der Waals surface area contributed by atoms with E-state index in [0.29, 0.717) is 37.6 Å². The molecule has 7 nitrogen and oxygen atoms in total. The Hall–Kier alpha value is -2.54. The van der Waals surface area contributed by atoms with Crippen LogP contribution >= 0.6 is 0 Å². The number of ether oxygens (including phenoxy) is 3. The molecule has 1 saturated heterocycles. The van der Waals surface area contributed by atoms with Gasteiger partial charge in [-0.15, -0.1) is 0 Å². The van der Waals surface area contributed by atoms with Crippen LogP contribution in [-0.4, -0.2) is 61.9 Å². The highest BCUT2D eigenvalue weighted by Gasteiger charge is 2.25. The highest BCUT2D eigenvalue weighted by Crippen LogP contribution is 2.26. The normalized spacial score (nSPS) is 15.0. The SMILES string of the molecule is COc1ccc(/C=C/C(=O)N(CCC(=O)O)C2CCOCC2)c(OC)c1. The van der Waals surface area contributed by atoms with Crippen LogP contribution < -0.4 is 9.47 Å². The number of carbonyl (C=O) groups is 2. The number of amides is 1. The molecule has 1 aromatic rings. The van der Waals surface area contributed by atoms with Gasteiger partial charge in [0.05, 0.1) is 20.6 Å². The van der Waals surface area contributed by atoms with Crippen molar-refractivity contribution in [3.05, 3.63) is 29.8 Å². The molecule has 1 amide bonds. The fourth-order valence-electron chi connectivity index (χ4n) is 2.90. The summed E-state index contributed by atoms with van der Waals surface area (Å²) >= 11 is 0. The standard InChI is InChI=1S/C19H25NO6/c1-24-16-5-3-14(17(13-16)25-2)4-6-18(21)20(10-7-19(22)23)15-8-11-26-12-9-15/h3-6,13,15H,7-12H2,1-2H3,(H,22,23)/b6-4+. The molecular formula is C19H25NO6.